The lowest BCUT2D eigenvalue weighted by Gasteiger charge is -2.26. The second-order valence-electron chi connectivity index (χ2n) is 6.89. The maximum absolute atomic E-state index is 13.0. The van der Waals surface area contributed by atoms with Crippen LogP contribution in [0.15, 0.2) is 72.9 Å². The molecule has 3 aromatic rings. The highest BCUT2D eigenvalue weighted by molar-refractivity contribution is 6.31. The quantitative estimate of drug-likeness (QED) is 0.584. The first-order valence-corrected chi connectivity index (χ1v) is 9.70. The van der Waals surface area contributed by atoms with E-state index < -0.39 is 0 Å². The number of pyridine rings is 1. The van der Waals surface area contributed by atoms with Gasteiger partial charge in [-0.1, -0.05) is 60.1 Å². The highest BCUT2D eigenvalue weighted by Crippen LogP contribution is 2.18. The topological polar surface area (TPSA) is 45.2 Å². The van der Waals surface area contributed by atoms with Crippen LogP contribution in [0.2, 0.25) is 5.02 Å². The predicted molar refractivity (Wildman–Crippen MR) is 114 cm³/mol. The summed E-state index contributed by atoms with van der Waals surface area (Å²) in [6, 6.07) is 21.4. The number of nitrogens with zero attached hydrogens (tertiary/aromatic N) is 2. The van der Waals surface area contributed by atoms with Crippen molar-refractivity contribution in [2.45, 2.75) is 33.0 Å². The molecule has 2 aromatic carbocycles. The molecule has 144 valence electrons. The Morgan fingerprint density at radius 1 is 1.04 bits per heavy atom. The molecule has 1 amide bonds. The first kappa shape index (κ1) is 19.9. The van der Waals surface area contributed by atoms with Gasteiger partial charge in [-0.3, -0.25) is 4.79 Å². The fourth-order valence-electron chi connectivity index (χ4n) is 2.88. The Balaban J connectivity index is 1.67. The monoisotopic (exact) mass is 393 g/mol. The van der Waals surface area contributed by atoms with E-state index in [1.807, 2.05) is 79.4 Å². The minimum atomic E-state index is -0.0727. The van der Waals surface area contributed by atoms with Crippen molar-refractivity contribution in [3.05, 3.63) is 94.8 Å². The molecule has 0 bridgehead atoms. The first-order chi connectivity index (χ1) is 13.5. The van der Waals surface area contributed by atoms with Crippen LogP contribution in [0, 0.1) is 0 Å². The van der Waals surface area contributed by atoms with Crippen LogP contribution in [0.5, 0.6) is 0 Å². The van der Waals surface area contributed by atoms with E-state index in [-0.39, 0.29) is 11.9 Å². The lowest BCUT2D eigenvalue weighted by molar-refractivity contribution is 0.0684. The Labute approximate surface area is 171 Å². The lowest BCUT2D eigenvalue weighted by Crippen LogP contribution is -2.36. The van der Waals surface area contributed by atoms with E-state index in [4.69, 9.17) is 11.6 Å². The SMILES string of the molecule is CC(C)N(Cc1ccccc1)C(=O)c1ccc(NCc2ccccc2Cl)cn1. The smallest absolute Gasteiger partial charge is 0.272 e. The van der Waals surface area contributed by atoms with Gasteiger partial charge in [-0.15, -0.1) is 0 Å². The zero-order valence-electron chi connectivity index (χ0n) is 16.1. The summed E-state index contributed by atoms with van der Waals surface area (Å²) in [4.78, 5) is 19.2. The molecule has 0 unspecified atom stereocenters. The molecule has 0 atom stereocenters. The van der Waals surface area contributed by atoms with Gasteiger partial charge < -0.3 is 10.2 Å². The van der Waals surface area contributed by atoms with Crippen LogP contribution in [0.1, 0.15) is 35.5 Å². The summed E-state index contributed by atoms with van der Waals surface area (Å²) in [6.07, 6.45) is 1.69. The van der Waals surface area contributed by atoms with E-state index in [0.717, 1.165) is 21.8 Å². The summed E-state index contributed by atoms with van der Waals surface area (Å²) >= 11 is 6.18. The van der Waals surface area contributed by atoms with Crippen LogP contribution >= 0.6 is 11.6 Å². The number of amides is 1. The summed E-state index contributed by atoms with van der Waals surface area (Å²) < 4.78 is 0. The summed E-state index contributed by atoms with van der Waals surface area (Å²) in [5.74, 6) is -0.0727. The Morgan fingerprint density at radius 2 is 1.75 bits per heavy atom. The Hall–Kier alpha value is -2.85. The summed E-state index contributed by atoms with van der Waals surface area (Å²) in [5.41, 5.74) is 3.39. The molecule has 1 N–H and O–H groups in total. The van der Waals surface area contributed by atoms with Crippen LogP contribution in [0.25, 0.3) is 0 Å². The van der Waals surface area contributed by atoms with Gasteiger partial charge in [-0.2, -0.15) is 0 Å². The highest BCUT2D eigenvalue weighted by atomic mass is 35.5. The zero-order valence-corrected chi connectivity index (χ0v) is 16.9. The van der Waals surface area contributed by atoms with Crippen LogP contribution in [0.3, 0.4) is 0 Å². The third kappa shape index (κ3) is 5.11. The molecule has 0 spiro atoms. The van der Waals surface area contributed by atoms with Gasteiger partial charge in [0, 0.05) is 24.2 Å². The molecule has 0 radical (unpaired) electrons. The molecule has 0 aliphatic rings. The van der Waals surface area contributed by atoms with E-state index in [2.05, 4.69) is 10.3 Å². The van der Waals surface area contributed by atoms with Crippen molar-refractivity contribution in [3.8, 4) is 0 Å². The number of carbonyl (C=O) groups excluding carboxylic acids is 1. The number of hydrogen-bond donors (Lipinski definition) is 1. The van der Waals surface area contributed by atoms with Crippen LogP contribution < -0.4 is 5.32 Å². The highest BCUT2D eigenvalue weighted by Gasteiger charge is 2.20. The Bertz CT molecular complexity index is 911. The zero-order chi connectivity index (χ0) is 19.9. The van der Waals surface area contributed by atoms with Crippen molar-refractivity contribution in [2.75, 3.05) is 5.32 Å². The van der Waals surface area contributed by atoms with E-state index in [0.29, 0.717) is 18.8 Å². The number of halogens is 1. The van der Waals surface area contributed by atoms with Gasteiger partial charge in [0.2, 0.25) is 0 Å². The average Bonchev–Trinajstić information content (AvgIpc) is 2.72. The molecule has 0 aliphatic carbocycles. The molecular formula is C23H24ClN3O. The molecule has 0 saturated carbocycles. The molecule has 1 aromatic heterocycles. The molecule has 5 heteroatoms. The third-order valence-corrected chi connectivity index (χ3v) is 4.87. The molecule has 28 heavy (non-hydrogen) atoms. The Morgan fingerprint density at radius 3 is 2.39 bits per heavy atom. The van der Waals surface area contributed by atoms with E-state index in [1.54, 1.807) is 12.3 Å². The van der Waals surface area contributed by atoms with Crippen molar-refractivity contribution < 1.29 is 4.79 Å². The maximum Gasteiger partial charge on any atom is 0.272 e. The maximum atomic E-state index is 13.0. The van der Waals surface area contributed by atoms with Crippen molar-refractivity contribution in [1.82, 2.24) is 9.88 Å². The summed E-state index contributed by atoms with van der Waals surface area (Å²) in [7, 11) is 0. The van der Waals surface area contributed by atoms with Crippen molar-refractivity contribution in [1.29, 1.82) is 0 Å². The summed E-state index contributed by atoms with van der Waals surface area (Å²) in [5, 5.41) is 4.01. The summed E-state index contributed by atoms with van der Waals surface area (Å²) in [6.45, 7) is 5.19. The molecule has 0 saturated heterocycles. The second kappa shape index (κ2) is 9.38. The second-order valence-corrected chi connectivity index (χ2v) is 7.30. The van der Waals surface area contributed by atoms with Gasteiger partial charge in [-0.25, -0.2) is 4.98 Å². The first-order valence-electron chi connectivity index (χ1n) is 9.33. The van der Waals surface area contributed by atoms with Crippen LogP contribution in [0.4, 0.5) is 5.69 Å². The number of carbonyl (C=O) groups is 1. The van der Waals surface area contributed by atoms with Gasteiger partial charge in [-0.05, 0) is 43.2 Å². The number of anilines is 1. The molecular weight excluding hydrogens is 370 g/mol. The molecule has 4 nitrogen and oxygen atoms in total. The fraction of sp³-hybridized carbons (Fsp3) is 0.217. The van der Waals surface area contributed by atoms with Gasteiger partial charge in [0.05, 0.1) is 11.9 Å². The minimum absolute atomic E-state index is 0.0727. The number of hydrogen-bond acceptors (Lipinski definition) is 3. The third-order valence-electron chi connectivity index (χ3n) is 4.50. The predicted octanol–water partition coefficient (Wildman–Crippen LogP) is 5.40. The normalized spacial score (nSPS) is 10.7. The van der Waals surface area contributed by atoms with E-state index in [1.165, 1.54) is 0 Å². The van der Waals surface area contributed by atoms with E-state index in [9.17, 15) is 4.79 Å². The van der Waals surface area contributed by atoms with Crippen molar-refractivity contribution in [2.24, 2.45) is 0 Å². The van der Waals surface area contributed by atoms with Crippen molar-refractivity contribution >= 4 is 23.2 Å². The van der Waals surface area contributed by atoms with Crippen LogP contribution in [-0.2, 0) is 13.1 Å². The van der Waals surface area contributed by atoms with Crippen LogP contribution in [-0.4, -0.2) is 21.8 Å². The standard InChI is InChI=1S/C23H24ClN3O/c1-17(2)27(16-18-8-4-3-5-9-18)23(28)22-13-12-20(15-26-22)25-14-19-10-6-7-11-21(19)24/h3-13,15,17,25H,14,16H2,1-2H3. The largest absolute Gasteiger partial charge is 0.380 e. The molecule has 0 aliphatic heterocycles. The average molecular weight is 394 g/mol. The number of aromatic nitrogens is 1. The van der Waals surface area contributed by atoms with Gasteiger partial charge in [0.1, 0.15) is 5.69 Å². The Kier molecular flexibility index (Phi) is 6.66. The van der Waals surface area contributed by atoms with Gasteiger partial charge in [0.25, 0.3) is 5.91 Å². The molecule has 1 heterocycles. The van der Waals surface area contributed by atoms with Crippen molar-refractivity contribution in [3.63, 3.8) is 0 Å². The van der Waals surface area contributed by atoms with Gasteiger partial charge >= 0.3 is 0 Å². The number of benzene rings is 2. The number of rotatable bonds is 7. The molecule has 3 rings (SSSR count). The minimum Gasteiger partial charge on any atom is -0.380 e. The molecule has 0 fully saturated rings. The number of nitrogens with one attached hydrogen (secondary N) is 1. The lowest BCUT2D eigenvalue weighted by atomic mass is 10.1. The van der Waals surface area contributed by atoms with E-state index >= 15 is 0 Å². The fourth-order valence-corrected chi connectivity index (χ4v) is 3.08. The van der Waals surface area contributed by atoms with Gasteiger partial charge in [0.15, 0.2) is 0 Å².